The summed E-state index contributed by atoms with van der Waals surface area (Å²) >= 11 is 0. The summed E-state index contributed by atoms with van der Waals surface area (Å²) in [5, 5.41) is 3.49. The van der Waals surface area contributed by atoms with E-state index in [1.165, 1.54) is 5.56 Å². The van der Waals surface area contributed by atoms with E-state index in [0.29, 0.717) is 18.6 Å². The van der Waals surface area contributed by atoms with Crippen LogP contribution in [0.2, 0.25) is 0 Å². The molecular formula is C19H24N2O2. The molecule has 2 heterocycles. The van der Waals surface area contributed by atoms with E-state index in [1.807, 2.05) is 24.4 Å². The third-order valence-corrected chi connectivity index (χ3v) is 4.38. The first-order chi connectivity index (χ1) is 11.3. The van der Waals surface area contributed by atoms with E-state index >= 15 is 0 Å². The molecule has 1 fully saturated rings. The van der Waals surface area contributed by atoms with Gasteiger partial charge in [0.1, 0.15) is 5.75 Å². The molecule has 1 saturated heterocycles. The highest BCUT2D eigenvalue weighted by Crippen LogP contribution is 2.22. The maximum Gasteiger partial charge on any atom is 0.118 e. The fourth-order valence-electron chi connectivity index (χ4n) is 3.07. The van der Waals surface area contributed by atoms with Crippen molar-refractivity contribution in [1.82, 2.24) is 10.3 Å². The number of hydrogen-bond donors (Lipinski definition) is 1. The van der Waals surface area contributed by atoms with Gasteiger partial charge in [0, 0.05) is 24.9 Å². The van der Waals surface area contributed by atoms with Gasteiger partial charge in [0.05, 0.1) is 19.8 Å². The van der Waals surface area contributed by atoms with Crippen LogP contribution in [0.15, 0.2) is 48.8 Å². The summed E-state index contributed by atoms with van der Waals surface area (Å²) < 4.78 is 11.4. The first-order valence-corrected chi connectivity index (χ1v) is 8.19. The molecule has 1 N–H and O–H groups in total. The third-order valence-electron chi connectivity index (χ3n) is 4.38. The summed E-state index contributed by atoms with van der Waals surface area (Å²) in [4.78, 5) is 4.15. The molecule has 0 spiro atoms. The Hall–Kier alpha value is -1.91. The lowest BCUT2D eigenvalue weighted by atomic mass is 9.89. The van der Waals surface area contributed by atoms with Crippen molar-refractivity contribution in [1.29, 1.82) is 0 Å². The van der Waals surface area contributed by atoms with E-state index in [2.05, 4.69) is 28.5 Å². The number of piperidine rings is 1. The van der Waals surface area contributed by atoms with Crippen LogP contribution in [-0.4, -0.2) is 31.3 Å². The van der Waals surface area contributed by atoms with Gasteiger partial charge in [-0.1, -0.05) is 18.2 Å². The van der Waals surface area contributed by atoms with Gasteiger partial charge in [-0.15, -0.1) is 0 Å². The molecule has 4 heteroatoms. The van der Waals surface area contributed by atoms with Gasteiger partial charge in [-0.3, -0.25) is 4.98 Å². The lowest BCUT2D eigenvalue weighted by molar-refractivity contribution is -0.0152. The van der Waals surface area contributed by atoms with E-state index < -0.39 is 0 Å². The van der Waals surface area contributed by atoms with Gasteiger partial charge < -0.3 is 14.8 Å². The molecule has 0 unspecified atom stereocenters. The van der Waals surface area contributed by atoms with Crippen LogP contribution in [0.5, 0.6) is 5.75 Å². The largest absolute Gasteiger partial charge is 0.497 e. The molecule has 23 heavy (non-hydrogen) atoms. The van der Waals surface area contributed by atoms with Crippen LogP contribution in [0.1, 0.15) is 17.5 Å². The molecule has 1 aromatic carbocycles. The van der Waals surface area contributed by atoms with Crippen molar-refractivity contribution >= 4 is 0 Å². The normalized spacial score (nSPS) is 21.1. The van der Waals surface area contributed by atoms with Gasteiger partial charge in [0.2, 0.25) is 0 Å². The summed E-state index contributed by atoms with van der Waals surface area (Å²) in [6, 6.07) is 12.4. The molecule has 0 radical (unpaired) electrons. The Bertz CT molecular complexity index is 586. The SMILES string of the molecule is COc1ccc(C[C@@H]2CNCC[C@H]2OCc2cccnc2)cc1. The van der Waals surface area contributed by atoms with Crippen LogP contribution in [0.4, 0.5) is 0 Å². The Labute approximate surface area is 137 Å². The molecule has 0 saturated carbocycles. The summed E-state index contributed by atoms with van der Waals surface area (Å²) in [6.45, 7) is 2.66. The number of rotatable bonds is 6. The van der Waals surface area contributed by atoms with Crippen LogP contribution in [0.3, 0.4) is 0 Å². The minimum atomic E-state index is 0.290. The summed E-state index contributed by atoms with van der Waals surface area (Å²) in [6.07, 6.45) is 6.04. The van der Waals surface area contributed by atoms with Crippen molar-refractivity contribution in [3.63, 3.8) is 0 Å². The van der Waals surface area contributed by atoms with Gasteiger partial charge in [0.15, 0.2) is 0 Å². The monoisotopic (exact) mass is 312 g/mol. The first-order valence-electron chi connectivity index (χ1n) is 8.19. The molecule has 3 rings (SSSR count). The average Bonchev–Trinajstić information content (AvgIpc) is 2.62. The molecule has 1 aromatic heterocycles. The predicted octanol–water partition coefficient (Wildman–Crippen LogP) is 2.83. The smallest absolute Gasteiger partial charge is 0.118 e. The van der Waals surface area contributed by atoms with E-state index in [4.69, 9.17) is 9.47 Å². The zero-order valence-corrected chi connectivity index (χ0v) is 13.6. The lowest BCUT2D eigenvalue weighted by Crippen LogP contribution is -2.42. The van der Waals surface area contributed by atoms with E-state index in [1.54, 1.807) is 13.3 Å². The van der Waals surface area contributed by atoms with Crippen LogP contribution in [-0.2, 0) is 17.8 Å². The van der Waals surface area contributed by atoms with E-state index in [-0.39, 0.29) is 0 Å². The van der Waals surface area contributed by atoms with Gasteiger partial charge >= 0.3 is 0 Å². The first kappa shape index (κ1) is 16.0. The van der Waals surface area contributed by atoms with Crippen LogP contribution < -0.4 is 10.1 Å². The number of nitrogens with zero attached hydrogens (tertiary/aromatic N) is 1. The maximum absolute atomic E-state index is 6.19. The molecule has 0 aliphatic carbocycles. The Balaban J connectivity index is 1.59. The second-order valence-corrected chi connectivity index (χ2v) is 6.02. The number of nitrogens with one attached hydrogen (secondary N) is 1. The Morgan fingerprint density at radius 2 is 2.04 bits per heavy atom. The van der Waals surface area contributed by atoms with Gasteiger partial charge in [0.25, 0.3) is 0 Å². The van der Waals surface area contributed by atoms with Crippen molar-refractivity contribution in [2.45, 2.75) is 25.6 Å². The van der Waals surface area contributed by atoms with Crippen molar-refractivity contribution in [2.75, 3.05) is 20.2 Å². The second-order valence-electron chi connectivity index (χ2n) is 6.02. The van der Waals surface area contributed by atoms with Gasteiger partial charge in [-0.05, 0) is 48.7 Å². The molecule has 0 bridgehead atoms. The molecule has 0 amide bonds. The molecule has 1 aliphatic rings. The Kier molecular flexibility index (Phi) is 5.61. The number of pyridine rings is 1. The quantitative estimate of drug-likeness (QED) is 0.891. The summed E-state index contributed by atoms with van der Waals surface area (Å²) in [7, 11) is 1.70. The molecule has 122 valence electrons. The fraction of sp³-hybridized carbons (Fsp3) is 0.421. The number of methoxy groups -OCH3 is 1. The van der Waals surface area contributed by atoms with E-state index in [0.717, 1.165) is 37.2 Å². The minimum Gasteiger partial charge on any atom is -0.497 e. The highest BCUT2D eigenvalue weighted by molar-refractivity contribution is 5.27. The average molecular weight is 312 g/mol. The predicted molar refractivity (Wildman–Crippen MR) is 90.5 cm³/mol. The number of ether oxygens (including phenoxy) is 2. The van der Waals surface area contributed by atoms with Crippen molar-refractivity contribution < 1.29 is 9.47 Å². The fourth-order valence-corrected chi connectivity index (χ4v) is 3.07. The second kappa shape index (κ2) is 8.09. The topological polar surface area (TPSA) is 43.4 Å². The number of aromatic nitrogens is 1. The maximum atomic E-state index is 6.19. The highest BCUT2D eigenvalue weighted by Gasteiger charge is 2.25. The minimum absolute atomic E-state index is 0.290. The molecular weight excluding hydrogens is 288 g/mol. The van der Waals surface area contributed by atoms with Crippen molar-refractivity contribution in [3.8, 4) is 5.75 Å². The zero-order valence-electron chi connectivity index (χ0n) is 13.6. The van der Waals surface area contributed by atoms with Crippen LogP contribution in [0, 0.1) is 5.92 Å². The molecule has 4 nitrogen and oxygen atoms in total. The van der Waals surface area contributed by atoms with Crippen LogP contribution >= 0.6 is 0 Å². The third kappa shape index (κ3) is 4.53. The van der Waals surface area contributed by atoms with Crippen molar-refractivity contribution in [2.24, 2.45) is 5.92 Å². The number of benzene rings is 1. The Morgan fingerprint density at radius 1 is 1.17 bits per heavy atom. The van der Waals surface area contributed by atoms with Gasteiger partial charge in [-0.2, -0.15) is 0 Å². The lowest BCUT2D eigenvalue weighted by Gasteiger charge is -2.32. The standard InChI is InChI=1S/C19H24N2O2/c1-22-18-6-4-15(5-7-18)11-17-13-21-10-8-19(17)23-14-16-3-2-9-20-12-16/h2-7,9,12,17,19,21H,8,10-11,13-14H2,1H3/t17-,19-/m1/s1. The summed E-state index contributed by atoms with van der Waals surface area (Å²) in [5.74, 6) is 1.40. The van der Waals surface area contributed by atoms with Crippen molar-refractivity contribution in [3.05, 3.63) is 59.9 Å². The van der Waals surface area contributed by atoms with E-state index in [9.17, 15) is 0 Å². The summed E-state index contributed by atoms with van der Waals surface area (Å²) in [5.41, 5.74) is 2.46. The molecule has 1 aliphatic heterocycles. The van der Waals surface area contributed by atoms with Gasteiger partial charge in [-0.25, -0.2) is 0 Å². The van der Waals surface area contributed by atoms with Crippen LogP contribution in [0.25, 0.3) is 0 Å². The molecule has 2 aromatic rings. The Morgan fingerprint density at radius 3 is 2.78 bits per heavy atom. The zero-order chi connectivity index (χ0) is 15.9. The highest BCUT2D eigenvalue weighted by atomic mass is 16.5. The molecule has 2 atom stereocenters. The number of hydrogen-bond acceptors (Lipinski definition) is 4.